The number of hydrogen-bond donors (Lipinski definition) is 2. The average molecular weight is 226 g/mol. The zero-order valence-corrected chi connectivity index (χ0v) is 10.00. The van der Waals surface area contributed by atoms with Gasteiger partial charge in [-0.3, -0.25) is 0 Å². The van der Waals surface area contributed by atoms with Gasteiger partial charge in [0.05, 0.1) is 12.1 Å². The van der Waals surface area contributed by atoms with Crippen molar-refractivity contribution in [2.24, 2.45) is 5.92 Å². The molecule has 2 amide bonds. The monoisotopic (exact) mass is 226 g/mol. The maximum Gasteiger partial charge on any atom is 0.315 e. The van der Waals surface area contributed by atoms with Crippen LogP contribution in [0.15, 0.2) is 0 Å². The van der Waals surface area contributed by atoms with Gasteiger partial charge >= 0.3 is 6.03 Å². The van der Waals surface area contributed by atoms with E-state index in [0.717, 1.165) is 32.4 Å². The zero-order chi connectivity index (χ0) is 11.4. The molecule has 1 aliphatic carbocycles. The summed E-state index contributed by atoms with van der Waals surface area (Å²) in [6.07, 6.45) is 5.91. The first-order chi connectivity index (χ1) is 7.81. The van der Waals surface area contributed by atoms with Crippen LogP contribution in [0, 0.1) is 5.92 Å². The molecule has 0 bridgehead atoms. The number of ether oxygens (including phenoxy) is 1. The lowest BCUT2D eigenvalue weighted by atomic mass is 10.1. The summed E-state index contributed by atoms with van der Waals surface area (Å²) in [7, 11) is 0. The molecule has 1 saturated heterocycles. The van der Waals surface area contributed by atoms with E-state index < -0.39 is 0 Å². The summed E-state index contributed by atoms with van der Waals surface area (Å²) < 4.78 is 5.67. The Hall–Kier alpha value is -0.770. The van der Waals surface area contributed by atoms with Crippen molar-refractivity contribution in [3.63, 3.8) is 0 Å². The summed E-state index contributed by atoms with van der Waals surface area (Å²) in [4.78, 5) is 11.6. The van der Waals surface area contributed by atoms with Gasteiger partial charge < -0.3 is 15.4 Å². The van der Waals surface area contributed by atoms with Crippen LogP contribution in [0.5, 0.6) is 0 Å². The first-order valence-corrected chi connectivity index (χ1v) is 6.47. The quantitative estimate of drug-likeness (QED) is 0.700. The normalized spacial score (nSPS) is 29.1. The lowest BCUT2D eigenvalue weighted by Crippen LogP contribution is -2.46. The number of rotatable bonds is 5. The number of carbonyl (C=O) groups excluding carboxylic acids is 1. The summed E-state index contributed by atoms with van der Waals surface area (Å²) in [5.74, 6) is 0.698. The van der Waals surface area contributed by atoms with E-state index in [4.69, 9.17) is 4.74 Å². The molecule has 2 atom stereocenters. The minimum Gasteiger partial charge on any atom is -0.376 e. The Morgan fingerprint density at radius 2 is 2.19 bits per heavy atom. The Morgan fingerprint density at radius 1 is 1.38 bits per heavy atom. The van der Waals surface area contributed by atoms with Gasteiger partial charge in [0.25, 0.3) is 0 Å². The van der Waals surface area contributed by atoms with Gasteiger partial charge in [-0.05, 0) is 31.6 Å². The number of nitrogens with one attached hydrogen (secondary N) is 2. The highest BCUT2D eigenvalue weighted by molar-refractivity contribution is 5.74. The molecular formula is C12H22N2O2. The third-order valence-corrected chi connectivity index (χ3v) is 3.35. The van der Waals surface area contributed by atoms with Gasteiger partial charge in [-0.15, -0.1) is 0 Å². The smallest absolute Gasteiger partial charge is 0.315 e. The molecule has 16 heavy (non-hydrogen) atoms. The van der Waals surface area contributed by atoms with Crippen molar-refractivity contribution in [2.75, 3.05) is 13.2 Å². The lowest BCUT2D eigenvalue weighted by Gasteiger charge is -2.19. The summed E-state index contributed by atoms with van der Waals surface area (Å²) in [6, 6.07) is 0.198. The molecule has 1 heterocycles. The van der Waals surface area contributed by atoms with Gasteiger partial charge in [-0.25, -0.2) is 4.79 Å². The van der Waals surface area contributed by atoms with Crippen LogP contribution < -0.4 is 10.6 Å². The van der Waals surface area contributed by atoms with Crippen molar-refractivity contribution in [2.45, 2.75) is 51.2 Å². The van der Waals surface area contributed by atoms with Crippen LogP contribution in [0.3, 0.4) is 0 Å². The lowest BCUT2D eigenvalue weighted by molar-refractivity contribution is 0.0825. The highest BCUT2D eigenvalue weighted by atomic mass is 16.5. The fourth-order valence-corrected chi connectivity index (χ4v) is 2.25. The fraction of sp³-hybridized carbons (Fsp3) is 0.917. The van der Waals surface area contributed by atoms with Gasteiger partial charge in [-0.1, -0.05) is 13.3 Å². The first-order valence-electron chi connectivity index (χ1n) is 6.47. The summed E-state index contributed by atoms with van der Waals surface area (Å²) in [5.41, 5.74) is 0. The SMILES string of the molecule is CCCCNC(=O)NC1CCOC1C1CC1. The molecule has 0 radical (unpaired) electrons. The largest absolute Gasteiger partial charge is 0.376 e. The Morgan fingerprint density at radius 3 is 2.88 bits per heavy atom. The molecule has 2 rings (SSSR count). The van der Waals surface area contributed by atoms with Crippen molar-refractivity contribution in [3.05, 3.63) is 0 Å². The van der Waals surface area contributed by atoms with Crippen LogP contribution in [-0.4, -0.2) is 31.3 Å². The van der Waals surface area contributed by atoms with E-state index in [9.17, 15) is 4.79 Å². The Kier molecular flexibility index (Phi) is 4.04. The van der Waals surface area contributed by atoms with Gasteiger partial charge in [0.1, 0.15) is 0 Å². The molecule has 2 aliphatic rings. The van der Waals surface area contributed by atoms with E-state index in [1.54, 1.807) is 0 Å². The highest BCUT2D eigenvalue weighted by Crippen LogP contribution is 2.38. The van der Waals surface area contributed by atoms with Gasteiger partial charge in [-0.2, -0.15) is 0 Å². The molecule has 1 saturated carbocycles. The molecule has 2 fully saturated rings. The van der Waals surface area contributed by atoms with Crippen LogP contribution in [-0.2, 0) is 4.74 Å². The van der Waals surface area contributed by atoms with Crippen LogP contribution >= 0.6 is 0 Å². The van der Waals surface area contributed by atoms with Crippen LogP contribution in [0.2, 0.25) is 0 Å². The van der Waals surface area contributed by atoms with Crippen molar-refractivity contribution in [3.8, 4) is 0 Å². The van der Waals surface area contributed by atoms with Crippen LogP contribution in [0.25, 0.3) is 0 Å². The van der Waals surface area contributed by atoms with E-state index in [2.05, 4.69) is 17.6 Å². The second-order valence-electron chi connectivity index (χ2n) is 4.82. The maximum absolute atomic E-state index is 11.6. The van der Waals surface area contributed by atoms with Gasteiger partial charge in [0.2, 0.25) is 0 Å². The van der Waals surface area contributed by atoms with E-state index >= 15 is 0 Å². The second-order valence-corrected chi connectivity index (χ2v) is 4.82. The van der Waals surface area contributed by atoms with Gasteiger partial charge in [0, 0.05) is 13.2 Å². The number of carbonyl (C=O) groups is 1. The summed E-state index contributed by atoms with van der Waals surface area (Å²) in [5, 5.41) is 5.92. The predicted molar refractivity (Wildman–Crippen MR) is 62.3 cm³/mol. The number of amides is 2. The third-order valence-electron chi connectivity index (χ3n) is 3.35. The van der Waals surface area contributed by atoms with Crippen LogP contribution in [0.4, 0.5) is 4.79 Å². The fourth-order valence-electron chi connectivity index (χ4n) is 2.25. The molecule has 4 nitrogen and oxygen atoms in total. The second kappa shape index (κ2) is 5.53. The maximum atomic E-state index is 11.6. The number of urea groups is 1. The molecule has 4 heteroatoms. The minimum atomic E-state index is -0.0328. The van der Waals surface area contributed by atoms with E-state index in [1.807, 2.05) is 0 Å². The van der Waals surface area contributed by atoms with Gasteiger partial charge in [0.15, 0.2) is 0 Å². The topological polar surface area (TPSA) is 50.4 Å². The molecule has 0 aromatic rings. The molecule has 0 aromatic heterocycles. The van der Waals surface area contributed by atoms with Crippen LogP contribution in [0.1, 0.15) is 39.0 Å². The average Bonchev–Trinajstić information content (AvgIpc) is 3.01. The molecule has 0 aromatic carbocycles. The predicted octanol–water partition coefficient (Wildman–Crippen LogP) is 1.65. The van der Waals surface area contributed by atoms with E-state index in [1.165, 1.54) is 12.8 Å². The Labute approximate surface area is 97.1 Å². The molecule has 2 N–H and O–H groups in total. The van der Waals surface area contributed by atoms with Crippen molar-refractivity contribution in [1.29, 1.82) is 0 Å². The minimum absolute atomic E-state index is 0.0328. The van der Waals surface area contributed by atoms with Crippen molar-refractivity contribution < 1.29 is 9.53 Å². The molecule has 1 aliphatic heterocycles. The molecule has 2 unspecified atom stereocenters. The Balaban J connectivity index is 1.69. The zero-order valence-electron chi connectivity index (χ0n) is 10.00. The van der Waals surface area contributed by atoms with Crippen molar-refractivity contribution in [1.82, 2.24) is 10.6 Å². The van der Waals surface area contributed by atoms with E-state index in [-0.39, 0.29) is 18.2 Å². The van der Waals surface area contributed by atoms with E-state index in [0.29, 0.717) is 5.92 Å². The molecule has 0 spiro atoms. The first kappa shape index (κ1) is 11.7. The summed E-state index contributed by atoms with van der Waals surface area (Å²) >= 11 is 0. The standard InChI is InChI=1S/C12H22N2O2/c1-2-3-7-13-12(15)14-10-6-8-16-11(10)9-4-5-9/h9-11H,2-8H2,1H3,(H2,13,14,15). The highest BCUT2D eigenvalue weighted by Gasteiger charge is 2.41. The number of unbranched alkanes of at least 4 members (excludes halogenated alkanes) is 1. The molecular weight excluding hydrogens is 204 g/mol. The summed E-state index contributed by atoms with van der Waals surface area (Å²) in [6.45, 7) is 3.68. The Bertz CT molecular complexity index is 241. The number of hydrogen-bond acceptors (Lipinski definition) is 2. The molecule has 92 valence electrons. The third kappa shape index (κ3) is 3.11. The van der Waals surface area contributed by atoms with Crippen molar-refractivity contribution >= 4 is 6.03 Å².